The summed E-state index contributed by atoms with van der Waals surface area (Å²) in [7, 11) is 1.55. The van der Waals surface area contributed by atoms with E-state index in [1.54, 1.807) is 25.3 Å². The maximum atomic E-state index is 12.2. The van der Waals surface area contributed by atoms with Crippen LogP contribution in [0.1, 0.15) is 43.5 Å². The fraction of sp³-hybridized carbons (Fsp3) is 0.562. The van der Waals surface area contributed by atoms with E-state index in [9.17, 15) is 4.79 Å². The van der Waals surface area contributed by atoms with Crippen molar-refractivity contribution in [2.45, 2.75) is 33.1 Å². The summed E-state index contributed by atoms with van der Waals surface area (Å²) in [5.41, 5.74) is 6.28. The summed E-state index contributed by atoms with van der Waals surface area (Å²) in [5, 5.41) is 0.521. The average molecular weight is 298 g/mol. The minimum atomic E-state index is 0.127. The number of ketones is 1. The van der Waals surface area contributed by atoms with Crippen LogP contribution >= 0.6 is 11.6 Å². The zero-order valence-electron chi connectivity index (χ0n) is 12.5. The lowest BCUT2D eigenvalue weighted by Gasteiger charge is -2.19. The lowest BCUT2D eigenvalue weighted by molar-refractivity contribution is 0.0968. The summed E-state index contributed by atoms with van der Waals surface area (Å²) in [6.07, 6.45) is 2.38. The first kappa shape index (κ1) is 17.0. The molecular formula is C16H24ClNO2. The van der Waals surface area contributed by atoms with Gasteiger partial charge in [0.1, 0.15) is 5.75 Å². The van der Waals surface area contributed by atoms with Crippen LogP contribution in [0.4, 0.5) is 0 Å². The van der Waals surface area contributed by atoms with Crippen LogP contribution in [0.5, 0.6) is 5.75 Å². The highest BCUT2D eigenvalue weighted by Gasteiger charge is 2.16. The second-order valence-corrected chi connectivity index (χ2v) is 5.80. The maximum Gasteiger partial charge on any atom is 0.163 e. The van der Waals surface area contributed by atoms with Gasteiger partial charge in [-0.1, -0.05) is 25.4 Å². The third-order valence-corrected chi connectivity index (χ3v) is 4.01. The Kier molecular flexibility index (Phi) is 7.03. The van der Waals surface area contributed by atoms with Crippen molar-refractivity contribution in [2.24, 2.45) is 17.6 Å². The normalized spacial score (nSPS) is 12.5. The molecule has 0 aromatic heterocycles. The molecule has 0 saturated carbocycles. The van der Waals surface area contributed by atoms with Crippen LogP contribution in [-0.4, -0.2) is 19.4 Å². The van der Waals surface area contributed by atoms with E-state index in [4.69, 9.17) is 22.1 Å². The van der Waals surface area contributed by atoms with Crippen molar-refractivity contribution < 1.29 is 9.53 Å². The number of Topliss-reactive ketones (excluding diaryl/α,β-unsaturated/α-hetero) is 1. The van der Waals surface area contributed by atoms with Gasteiger partial charge < -0.3 is 10.5 Å². The Labute approximate surface area is 126 Å². The molecule has 0 amide bonds. The van der Waals surface area contributed by atoms with E-state index in [0.29, 0.717) is 41.1 Å². The standard InChI is InChI=1S/C16H24ClNO2/c1-11(2)12(8-9-18)5-7-15(19)13-4-6-14(17)16(10-13)20-3/h4,6,10-12H,5,7-9,18H2,1-3H3. The fourth-order valence-electron chi connectivity index (χ4n) is 2.32. The summed E-state index contributed by atoms with van der Waals surface area (Å²) in [6, 6.07) is 5.16. The number of hydrogen-bond acceptors (Lipinski definition) is 3. The molecule has 0 radical (unpaired) electrons. The lowest BCUT2D eigenvalue weighted by Crippen LogP contribution is -2.16. The van der Waals surface area contributed by atoms with Gasteiger partial charge in [0.15, 0.2) is 5.78 Å². The van der Waals surface area contributed by atoms with Gasteiger partial charge in [-0.25, -0.2) is 0 Å². The zero-order chi connectivity index (χ0) is 15.1. The van der Waals surface area contributed by atoms with E-state index in [-0.39, 0.29) is 5.78 Å². The highest BCUT2D eigenvalue weighted by molar-refractivity contribution is 6.32. The van der Waals surface area contributed by atoms with Crippen molar-refractivity contribution in [1.82, 2.24) is 0 Å². The Hall–Kier alpha value is -1.06. The maximum absolute atomic E-state index is 12.2. The number of hydrogen-bond donors (Lipinski definition) is 1. The quantitative estimate of drug-likeness (QED) is 0.740. The van der Waals surface area contributed by atoms with Gasteiger partial charge in [-0.05, 0) is 49.4 Å². The first-order valence-corrected chi connectivity index (χ1v) is 7.44. The molecule has 112 valence electrons. The first-order valence-electron chi connectivity index (χ1n) is 7.06. The molecule has 1 aromatic carbocycles. The van der Waals surface area contributed by atoms with Gasteiger partial charge >= 0.3 is 0 Å². The van der Waals surface area contributed by atoms with E-state index < -0.39 is 0 Å². The van der Waals surface area contributed by atoms with Crippen LogP contribution < -0.4 is 10.5 Å². The largest absolute Gasteiger partial charge is 0.495 e. The number of carbonyl (C=O) groups is 1. The third-order valence-electron chi connectivity index (χ3n) is 3.70. The molecule has 1 rings (SSSR count). The monoisotopic (exact) mass is 297 g/mol. The van der Waals surface area contributed by atoms with E-state index >= 15 is 0 Å². The van der Waals surface area contributed by atoms with Crippen LogP contribution in [0, 0.1) is 11.8 Å². The van der Waals surface area contributed by atoms with E-state index in [1.165, 1.54) is 0 Å². The highest BCUT2D eigenvalue weighted by Crippen LogP contribution is 2.27. The minimum absolute atomic E-state index is 0.127. The number of nitrogens with two attached hydrogens (primary N) is 1. The molecule has 0 fully saturated rings. The van der Waals surface area contributed by atoms with Crippen molar-refractivity contribution in [2.75, 3.05) is 13.7 Å². The van der Waals surface area contributed by atoms with Gasteiger partial charge in [-0.2, -0.15) is 0 Å². The molecule has 0 aliphatic carbocycles. The number of halogens is 1. The van der Waals surface area contributed by atoms with Crippen molar-refractivity contribution in [3.05, 3.63) is 28.8 Å². The van der Waals surface area contributed by atoms with E-state index in [0.717, 1.165) is 12.8 Å². The molecule has 0 heterocycles. The molecule has 0 saturated heterocycles. The molecule has 0 spiro atoms. The number of ether oxygens (including phenoxy) is 1. The molecule has 2 N–H and O–H groups in total. The Morgan fingerprint density at radius 2 is 2.05 bits per heavy atom. The second kappa shape index (κ2) is 8.28. The van der Waals surface area contributed by atoms with E-state index in [2.05, 4.69) is 13.8 Å². The van der Waals surface area contributed by atoms with Crippen molar-refractivity contribution in [3.63, 3.8) is 0 Å². The topological polar surface area (TPSA) is 52.3 Å². The van der Waals surface area contributed by atoms with Crippen LogP contribution in [0.15, 0.2) is 18.2 Å². The number of carbonyl (C=O) groups excluding carboxylic acids is 1. The van der Waals surface area contributed by atoms with Crippen molar-refractivity contribution >= 4 is 17.4 Å². The average Bonchev–Trinajstić information content (AvgIpc) is 2.43. The van der Waals surface area contributed by atoms with Gasteiger partial charge in [-0.15, -0.1) is 0 Å². The summed E-state index contributed by atoms with van der Waals surface area (Å²) in [4.78, 5) is 12.2. The van der Waals surface area contributed by atoms with Crippen LogP contribution in [0.2, 0.25) is 5.02 Å². The smallest absolute Gasteiger partial charge is 0.163 e. The van der Waals surface area contributed by atoms with Crippen LogP contribution in [0.25, 0.3) is 0 Å². The zero-order valence-corrected chi connectivity index (χ0v) is 13.2. The molecular weight excluding hydrogens is 274 g/mol. The molecule has 4 heteroatoms. The number of benzene rings is 1. The van der Waals surface area contributed by atoms with Gasteiger partial charge in [0, 0.05) is 12.0 Å². The molecule has 0 bridgehead atoms. The number of methoxy groups -OCH3 is 1. The van der Waals surface area contributed by atoms with Crippen molar-refractivity contribution in [3.8, 4) is 5.75 Å². The Balaban J connectivity index is 2.66. The molecule has 3 nitrogen and oxygen atoms in total. The molecule has 20 heavy (non-hydrogen) atoms. The Bertz CT molecular complexity index is 446. The van der Waals surface area contributed by atoms with Crippen LogP contribution in [0.3, 0.4) is 0 Å². The predicted molar refractivity (Wildman–Crippen MR) is 83.6 cm³/mol. The van der Waals surface area contributed by atoms with Gasteiger partial charge in [-0.3, -0.25) is 4.79 Å². The third kappa shape index (κ3) is 4.80. The molecule has 1 unspecified atom stereocenters. The van der Waals surface area contributed by atoms with Gasteiger partial charge in [0.25, 0.3) is 0 Å². The predicted octanol–water partition coefficient (Wildman–Crippen LogP) is 3.93. The van der Waals surface area contributed by atoms with Crippen molar-refractivity contribution in [1.29, 1.82) is 0 Å². The second-order valence-electron chi connectivity index (χ2n) is 5.39. The summed E-state index contributed by atoms with van der Waals surface area (Å²) in [6.45, 7) is 5.03. The molecule has 1 aromatic rings. The highest BCUT2D eigenvalue weighted by atomic mass is 35.5. The van der Waals surface area contributed by atoms with Crippen LogP contribution in [-0.2, 0) is 0 Å². The number of rotatable bonds is 8. The lowest BCUT2D eigenvalue weighted by atomic mass is 9.87. The van der Waals surface area contributed by atoms with E-state index in [1.807, 2.05) is 0 Å². The molecule has 1 atom stereocenters. The first-order chi connectivity index (χ1) is 9.49. The summed E-state index contributed by atoms with van der Waals surface area (Å²) >= 11 is 5.96. The fourth-order valence-corrected chi connectivity index (χ4v) is 2.51. The van der Waals surface area contributed by atoms with Gasteiger partial charge in [0.2, 0.25) is 0 Å². The SMILES string of the molecule is COc1cc(C(=O)CCC(CCN)C(C)C)ccc1Cl. The summed E-state index contributed by atoms with van der Waals surface area (Å²) in [5.74, 6) is 1.71. The Morgan fingerprint density at radius 1 is 1.35 bits per heavy atom. The Morgan fingerprint density at radius 3 is 2.60 bits per heavy atom. The molecule has 0 aliphatic rings. The van der Waals surface area contributed by atoms with Gasteiger partial charge in [0.05, 0.1) is 12.1 Å². The minimum Gasteiger partial charge on any atom is -0.495 e. The summed E-state index contributed by atoms with van der Waals surface area (Å²) < 4.78 is 5.14. The molecule has 0 aliphatic heterocycles.